The van der Waals surface area contributed by atoms with E-state index in [1.54, 1.807) is 13.2 Å². The fourth-order valence-electron chi connectivity index (χ4n) is 2.71. The van der Waals surface area contributed by atoms with Crippen LogP contribution in [0.15, 0.2) is 18.2 Å². The highest BCUT2D eigenvalue weighted by atomic mass is 16.5. The molecule has 3 atom stereocenters. The largest absolute Gasteiger partial charge is 0.504 e. The van der Waals surface area contributed by atoms with Crippen LogP contribution in [0.3, 0.4) is 0 Å². The maximum Gasteiger partial charge on any atom is 0.237 e. The Kier molecular flexibility index (Phi) is 5.03. The number of nitrogens with one attached hydrogen (secondary N) is 1. The summed E-state index contributed by atoms with van der Waals surface area (Å²) in [4.78, 5) is 12.1. The molecule has 5 N–H and O–H groups in total. The minimum absolute atomic E-state index is 0.0155. The summed E-state index contributed by atoms with van der Waals surface area (Å²) < 4.78 is 5.34. The Balaban J connectivity index is 1.91. The number of hydrogen-bond acceptors (Lipinski definition) is 5. The number of hydrogen-bond donors (Lipinski definition) is 4. The summed E-state index contributed by atoms with van der Waals surface area (Å²) in [5, 5.41) is 21.6. The number of aromatic hydroxyl groups is 2. The van der Waals surface area contributed by atoms with Crippen LogP contribution in [0, 0.1) is 0 Å². The smallest absolute Gasteiger partial charge is 0.237 e. The predicted octanol–water partition coefficient (Wildman–Crippen LogP) is 0.651. The third-order valence-electron chi connectivity index (χ3n) is 3.92. The van der Waals surface area contributed by atoms with Gasteiger partial charge in [-0.25, -0.2) is 0 Å². The van der Waals surface area contributed by atoms with Gasteiger partial charge in [0.25, 0.3) is 0 Å². The molecule has 1 aromatic carbocycles. The minimum Gasteiger partial charge on any atom is -0.504 e. The van der Waals surface area contributed by atoms with E-state index in [1.165, 1.54) is 12.1 Å². The van der Waals surface area contributed by atoms with Gasteiger partial charge in [-0.1, -0.05) is 6.07 Å². The van der Waals surface area contributed by atoms with Gasteiger partial charge < -0.3 is 26.0 Å². The van der Waals surface area contributed by atoms with E-state index in [0.29, 0.717) is 12.0 Å². The maximum atomic E-state index is 12.1. The van der Waals surface area contributed by atoms with Crippen molar-refractivity contribution in [2.45, 2.75) is 43.9 Å². The van der Waals surface area contributed by atoms with Gasteiger partial charge in [-0.3, -0.25) is 4.79 Å². The summed E-state index contributed by atoms with van der Waals surface area (Å²) in [5.74, 6) is -0.627. The molecule has 116 valence electrons. The Morgan fingerprint density at radius 3 is 2.86 bits per heavy atom. The van der Waals surface area contributed by atoms with Crippen LogP contribution >= 0.6 is 0 Å². The molecule has 0 aliphatic heterocycles. The molecule has 2 unspecified atom stereocenters. The summed E-state index contributed by atoms with van der Waals surface area (Å²) >= 11 is 0. The van der Waals surface area contributed by atoms with E-state index < -0.39 is 6.04 Å². The van der Waals surface area contributed by atoms with Gasteiger partial charge in [-0.15, -0.1) is 0 Å². The molecule has 2 rings (SSSR count). The Labute approximate surface area is 123 Å². The Bertz CT molecular complexity index is 506. The number of benzene rings is 1. The van der Waals surface area contributed by atoms with Crippen molar-refractivity contribution in [2.75, 3.05) is 7.11 Å². The van der Waals surface area contributed by atoms with Gasteiger partial charge in [0.1, 0.15) is 0 Å². The first-order valence-corrected chi connectivity index (χ1v) is 7.11. The van der Waals surface area contributed by atoms with E-state index in [0.717, 1.165) is 19.3 Å². The molecule has 6 nitrogen and oxygen atoms in total. The van der Waals surface area contributed by atoms with Crippen molar-refractivity contribution in [3.63, 3.8) is 0 Å². The number of rotatable bonds is 5. The normalized spacial score (nSPS) is 23.0. The number of nitrogens with two attached hydrogens (primary N) is 1. The van der Waals surface area contributed by atoms with E-state index in [1.807, 2.05) is 0 Å². The maximum absolute atomic E-state index is 12.1. The molecule has 1 amide bonds. The molecule has 1 aromatic rings. The van der Waals surface area contributed by atoms with Crippen LogP contribution in [-0.4, -0.2) is 41.4 Å². The molecule has 1 saturated carbocycles. The molecular formula is C15H22N2O4. The number of methoxy groups -OCH3 is 1. The molecular weight excluding hydrogens is 272 g/mol. The number of amides is 1. The molecule has 6 heteroatoms. The van der Waals surface area contributed by atoms with Crippen molar-refractivity contribution in [1.82, 2.24) is 5.32 Å². The molecule has 0 heterocycles. The zero-order chi connectivity index (χ0) is 15.4. The third-order valence-corrected chi connectivity index (χ3v) is 3.92. The SMILES string of the molecule is COC1CCCC1NC(=O)[C@@H](N)Cc1ccc(O)c(O)c1. The molecule has 0 aromatic heterocycles. The highest BCUT2D eigenvalue weighted by Gasteiger charge is 2.29. The van der Waals surface area contributed by atoms with Crippen molar-refractivity contribution >= 4 is 5.91 Å². The number of phenols is 2. The summed E-state index contributed by atoms with van der Waals surface area (Å²) in [6, 6.07) is 3.74. The van der Waals surface area contributed by atoms with E-state index in [9.17, 15) is 15.0 Å². The van der Waals surface area contributed by atoms with Gasteiger partial charge in [0.05, 0.1) is 18.2 Å². The second-order valence-corrected chi connectivity index (χ2v) is 5.45. The lowest BCUT2D eigenvalue weighted by molar-refractivity contribution is -0.123. The number of ether oxygens (including phenoxy) is 1. The Morgan fingerprint density at radius 1 is 1.43 bits per heavy atom. The summed E-state index contributed by atoms with van der Waals surface area (Å²) in [5.41, 5.74) is 6.60. The van der Waals surface area contributed by atoms with Crippen molar-refractivity contribution in [3.05, 3.63) is 23.8 Å². The van der Waals surface area contributed by atoms with E-state index in [4.69, 9.17) is 10.5 Å². The Hall–Kier alpha value is -1.79. The van der Waals surface area contributed by atoms with Gasteiger partial charge >= 0.3 is 0 Å². The van der Waals surface area contributed by atoms with Crippen LogP contribution in [0.4, 0.5) is 0 Å². The summed E-state index contributed by atoms with van der Waals surface area (Å²) in [7, 11) is 1.65. The van der Waals surface area contributed by atoms with Crippen molar-refractivity contribution in [1.29, 1.82) is 0 Å². The lowest BCUT2D eigenvalue weighted by atomic mass is 10.0. The molecule has 0 bridgehead atoms. The molecule has 21 heavy (non-hydrogen) atoms. The monoisotopic (exact) mass is 294 g/mol. The first kappa shape index (κ1) is 15.6. The van der Waals surface area contributed by atoms with E-state index in [-0.39, 0.29) is 29.6 Å². The van der Waals surface area contributed by atoms with E-state index in [2.05, 4.69) is 5.32 Å². The van der Waals surface area contributed by atoms with Gasteiger partial charge in [0, 0.05) is 7.11 Å². The molecule has 0 radical (unpaired) electrons. The fraction of sp³-hybridized carbons (Fsp3) is 0.533. The van der Waals surface area contributed by atoms with Gasteiger partial charge in [0.2, 0.25) is 5.91 Å². The van der Waals surface area contributed by atoms with E-state index >= 15 is 0 Å². The second-order valence-electron chi connectivity index (χ2n) is 5.45. The first-order valence-electron chi connectivity index (χ1n) is 7.11. The van der Waals surface area contributed by atoms with Crippen LogP contribution < -0.4 is 11.1 Å². The lowest BCUT2D eigenvalue weighted by Crippen LogP contribution is -2.49. The Morgan fingerprint density at radius 2 is 2.19 bits per heavy atom. The minimum atomic E-state index is -0.702. The lowest BCUT2D eigenvalue weighted by Gasteiger charge is -2.21. The average molecular weight is 294 g/mol. The van der Waals surface area contributed by atoms with Crippen LogP contribution in [0.25, 0.3) is 0 Å². The third kappa shape index (κ3) is 3.86. The summed E-state index contributed by atoms with van der Waals surface area (Å²) in [6.07, 6.45) is 3.23. The summed E-state index contributed by atoms with van der Waals surface area (Å²) in [6.45, 7) is 0. The molecule has 1 aliphatic carbocycles. The van der Waals surface area contributed by atoms with Gasteiger partial charge in [0.15, 0.2) is 11.5 Å². The quantitative estimate of drug-likeness (QED) is 0.597. The van der Waals surface area contributed by atoms with Crippen LogP contribution in [0.5, 0.6) is 11.5 Å². The predicted molar refractivity (Wildman–Crippen MR) is 78.0 cm³/mol. The molecule has 0 spiro atoms. The zero-order valence-corrected chi connectivity index (χ0v) is 12.1. The van der Waals surface area contributed by atoms with Gasteiger partial charge in [-0.2, -0.15) is 0 Å². The van der Waals surface area contributed by atoms with Crippen LogP contribution in [-0.2, 0) is 16.0 Å². The van der Waals surface area contributed by atoms with Crippen LogP contribution in [0.2, 0.25) is 0 Å². The number of carbonyl (C=O) groups excluding carboxylic acids is 1. The fourth-order valence-corrected chi connectivity index (χ4v) is 2.71. The highest BCUT2D eigenvalue weighted by Crippen LogP contribution is 2.25. The average Bonchev–Trinajstić information content (AvgIpc) is 2.90. The van der Waals surface area contributed by atoms with Crippen LogP contribution in [0.1, 0.15) is 24.8 Å². The zero-order valence-electron chi connectivity index (χ0n) is 12.1. The highest BCUT2D eigenvalue weighted by molar-refractivity contribution is 5.82. The second kappa shape index (κ2) is 6.78. The molecule has 1 fully saturated rings. The standard InChI is InChI=1S/C15H22N2O4/c1-21-14-4-2-3-11(14)17-15(20)10(16)7-9-5-6-12(18)13(19)8-9/h5-6,8,10-11,14,18-19H,2-4,7,16H2,1H3,(H,17,20)/t10-,11?,14?/m0/s1. The number of carbonyl (C=O) groups is 1. The van der Waals surface area contributed by atoms with Crippen molar-refractivity contribution in [3.8, 4) is 11.5 Å². The topological polar surface area (TPSA) is 105 Å². The van der Waals surface area contributed by atoms with Gasteiger partial charge in [-0.05, 0) is 43.4 Å². The number of phenolic OH excluding ortho intramolecular Hbond substituents is 2. The van der Waals surface area contributed by atoms with Crippen molar-refractivity contribution < 1.29 is 19.7 Å². The van der Waals surface area contributed by atoms with Crippen molar-refractivity contribution in [2.24, 2.45) is 5.73 Å². The molecule has 1 aliphatic rings. The molecule has 0 saturated heterocycles. The first-order chi connectivity index (χ1) is 10.0.